The van der Waals surface area contributed by atoms with Crippen LogP contribution in [0.15, 0.2) is 12.2 Å². The van der Waals surface area contributed by atoms with E-state index in [9.17, 15) is 4.79 Å². The lowest BCUT2D eigenvalue weighted by atomic mass is 9.34. The minimum atomic E-state index is 0.369. The molecular weight excluding hydrogens is 364 g/mol. The summed E-state index contributed by atoms with van der Waals surface area (Å²) in [7, 11) is 0. The number of carbonyl (C=O) groups excluding carboxylic acids is 1. The van der Waals surface area contributed by atoms with Gasteiger partial charge in [0.25, 0.3) is 0 Å². The highest BCUT2D eigenvalue weighted by Gasteiger charge is 2.71. The van der Waals surface area contributed by atoms with Crippen LogP contribution in [0.3, 0.4) is 0 Å². The van der Waals surface area contributed by atoms with E-state index in [2.05, 4.69) is 48.1 Å². The molecule has 0 aromatic rings. The third-order valence-electron chi connectivity index (χ3n) is 12.9. The lowest BCUT2D eigenvalue weighted by Gasteiger charge is -2.70. The van der Waals surface area contributed by atoms with Gasteiger partial charge in [0, 0.05) is 12.8 Å². The van der Waals surface area contributed by atoms with Crippen molar-refractivity contribution in [1.29, 1.82) is 0 Å². The van der Waals surface area contributed by atoms with Crippen LogP contribution in [0.1, 0.15) is 99.3 Å². The number of Topliss-reactive ketones (excluding diaryl/α,β-unsaturated/α-hetero) is 1. The second-order valence-corrected chi connectivity index (χ2v) is 13.4. The van der Waals surface area contributed by atoms with Crippen molar-refractivity contribution in [2.45, 2.75) is 99.3 Å². The monoisotopic (exact) mass is 410 g/mol. The van der Waals surface area contributed by atoms with Crippen molar-refractivity contribution in [1.82, 2.24) is 0 Å². The Labute approximate surface area is 185 Å². The molecule has 5 aliphatic rings. The molecule has 0 radical (unpaired) electrons. The molecule has 0 saturated heterocycles. The van der Waals surface area contributed by atoms with Gasteiger partial charge in [-0.25, -0.2) is 0 Å². The van der Waals surface area contributed by atoms with Crippen molar-refractivity contribution in [3.63, 3.8) is 0 Å². The molecular formula is C29H46O. The quantitative estimate of drug-likeness (QED) is 0.405. The Balaban J connectivity index is 1.55. The highest BCUT2D eigenvalue weighted by Crippen LogP contribution is 2.78. The lowest BCUT2D eigenvalue weighted by Crippen LogP contribution is -2.65. The summed E-state index contributed by atoms with van der Waals surface area (Å²) in [5.41, 5.74) is 2.62. The zero-order chi connectivity index (χ0) is 21.6. The highest BCUT2D eigenvalue weighted by atomic mass is 16.1. The number of allylic oxidation sites excluding steroid dienone is 1. The first-order chi connectivity index (χ1) is 14.0. The minimum absolute atomic E-state index is 0.369. The molecule has 1 nitrogen and oxygen atoms in total. The summed E-state index contributed by atoms with van der Waals surface area (Å²) < 4.78 is 0. The van der Waals surface area contributed by atoms with Crippen LogP contribution in [-0.4, -0.2) is 5.78 Å². The number of fused-ring (bicyclic) bond motifs is 7. The molecule has 168 valence electrons. The summed E-state index contributed by atoms with van der Waals surface area (Å²) in [6.45, 7) is 20.1. The zero-order valence-corrected chi connectivity index (χ0v) is 20.6. The van der Waals surface area contributed by atoms with Gasteiger partial charge in [0.15, 0.2) is 0 Å². The lowest BCUT2D eigenvalue weighted by molar-refractivity contribution is -0.221. The smallest absolute Gasteiger partial charge is 0.133 e. The molecule has 0 spiro atoms. The molecule has 0 heterocycles. The molecule has 0 N–H and O–H groups in total. The van der Waals surface area contributed by atoms with E-state index in [1.807, 2.05) is 0 Å². The Kier molecular flexibility index (Phi) is 4.75. The number of rotatable bonds is 1. The number of carbonyl (C=O) groups is 1. The minimum Gasteiger partial charge on any atom is -0.300 e. The van der Waals surface area contributed by atoms with Gasteiger partial charge in [-0.3, -0.25) is 4.79 Å². The standard InChI is InChI=1S/C29H46O/c1-17(2)24-14-15-28(6)27(4,5)18(3)26-23-10-8-19-16-20(30)9-11-21(19)22(23)12-13-25(26)29(24,28)7/h18-19,21-26H,1,8-16H2,2-7H3. The average Bonchev–Trinajstić information content (AvgIpc) is 2.99. The molecule has 5 rings (SSSR count). The van der Waals surface area contributed by atoms with Crippen molar-refractivity contribution >= 4 is 5.78 Å². The van der Waals surface area contributed by atoms with E-state index in [1.165, 1.54) is 50.5 Å². The molecule has 0 bridgehead atoms. The predicted octanol–water partition coefficient (Wildman–Crippen LogP) is 7.70. The Hall–Kier alpha value is -0.590. The molecule has 10 atom stereocenters. The summed E-state index contributed by atoms with van der Waals surface area (Å²) >= 11 is 0. The molecule has 5 aliphatic carbocycles. The van der Waals surface area contributed by atoms with Crippen LogP contribution in [0, 0.1) is 63.6 Å². The maximum atomic E-state index is 12.1. The molecule has 10 unspecified atom stereocenters. The van der Waals surface area contributed by atoms with Crippen LogP contribution in [0.25, 0.3) is 0 Å². The van der Waals surface area contributed by atoms with Gasteiger partial charge < -0.3 is 0 Å². The Morgan fingerprint density at radius 3 is 2.33 bits per heavy atom. The fourth-order valence-corrected chi connectivity index (χ4v) is 10.9. The van der Waals surface area contributed by atoms with Crippen LogP contribution in [0.2, 0.25) is 0 Å². The van der Waals surface area contributed by atoms with Gasteiger partial charge in [-0.1, -0.05) is 46.8 Å². The number of hydrogen-bond donors (Lipinski definition) is 0. The van der Waals surface area contributed by atoms with E-state index in [1.54, 1.807) is 0 Å². The maximum absolute atomic E-state index is 12.1. The first kappa shape index (κ1) is 21.3. The zero-order valence-electron chi connectivity index (χ0n) is 20.6. The third kappa shape index (κ3) is 2.45. The molecule has 1 heteroatoms. The molecule has 0 aromatic carbocycles. The van der Waals surface area contributed by atoms with Gasteiger partial charge in [0.1, 0.15) is 5.78 Å². The molecule has 0 aromatic heterocycles. The summed E-state index contributed by atoms with van der Waals surface area (Å²) in [5.74, 6) is 7.13. The van der Waals surface area contributed by atoms with E-state index in [0.717, 1.165) is 48.3 Å². The van der Waals surface area contributed by atoms with Gasteiger partial charge in [-0.15, -0.1) is 0 Å². The number of ketones is 1. The van der Waals surface area contributed by atoms with E-state index >= 15 is 0 Å². The molecule has 5 saturated carbocycles. The summed E-state index contributed by atoms with van der Waals surface area (Å²) in [6.07, 6.45) is 11.3. The maximum Gasteiger partial charge on any atom is 0.133 e. The SMILES string of the molecule is C=C(C)C1CCC2(C)C(C)(C)C(C)C3C4CCC5CC(=O)CCC5C4CCC3C12C. The van der Waals surface area contributed by atoms with Crippen LogP contribution >= 0.6 is 0 Å². The van der Waals surface area contributed by atoms with Crippen LogP contribution in [0.5, 0.6) is 0 Å². The predicted molar refractivity (Wildman–Crippen MR) is 125 cm³/mol. The van der Waals surface area contributed by atoms with Crippen LogP contribution in [-0.2, 0) is 4.79 Å². The summed E-state index contributed by atoms with van der Waals surface area (Å²) in [4.78, 5) is 12.1. The Bertz CT molecular complexity index is 747. The summed E-state index contributed by atoms with van der Waals surface area (Å²) in [5, 5.41) is 0. The average molecular weight is 411 g/mol. The van der Waals surface area contributed by atoms with Crippen LogP contribution in [0.4, 0.5) is 0 Å². The van der Waals surface area contributed by atoms with Gasteiger partial charge in [-0.2, -0.15) is 0 Å². The van der Waals surface area contributed by atoms with Gasteiger partial charge in [0.05, 0.1) is 0 Å². The second-order valence-electron chi connectivity index (χ2n) is 13.4. The van der Waals surface area contributed by atoms with E-state index in [-0.39, 0.29) is 0 Å². The molecule has 0 amide bonds. The van der Waals surface area contributed by atoms with Crippen molar-refractivity contribution in [2.24, 2.45) is 63.6 Å². The fraction of sp³-hybridized carbons (Fsp3) is 0.897. The topological polar surface area (TPSA) is 17.1 Å². The second kappa shape index (κ2) is 6.71. The largest absolute Gasteiger partial charge is 0.300 e. The normalized spacial score (nSPS) is 54.5. The fourth-order valence-electron chi connectivity index (χ4n) is 10.9. The van der Waals surface area contributed by atoms with Crippen molar-refractivity contribution in [2.75, 3.05) is 0 Å². The van der Waals surface area contributed by atoms with E-state index in [0.29, 0.717) is 33.9 Å². The van der Waals surface area contributed by atoms with Gasteiger partial charge >= 0.3 is 0 Å². The number of hydrogen-bond acceptors (Lipinski definition) is 1. The van der Waals surface area contributed by atoms with Crippen molar-refractivity contribution < 1.29 is 4.79 Å². The molecule has 30 heavy (non-hydrogen) atoms. The first-order valence-electron chi connectivity index (χ1n) is 13.2. The molecule has 5 fully saturated rings. The summed E-state index contributed by atoms with van der Waals surface area (Å²) in [6, 6.07) is 0. The third-order valence-corrected chi connectivity index (χ3v) is 12.9. The van der Waals surface area contributed by atoms with Gasteiger partial charge in [-0.05, 0) is 115 Å². The Morgan fingerprint density at radius 2 is 1.63 bits per heavy atom. The van der Waals surface area contributed by atoms with E-state index < -0.39 is 0 Å². The highest BCUT2D eigenvalue weighted by molar-refractivity contribution is 5.79. The van der Waals surface area contributed by atoms with Crippen molar-refractivity contribution in [3.8, 4) is 0 Å². The van der Waals surface area contributed by atoms with Gasteiger partial charge in [0.2, 0.25) is 0 Å². The van der Waals surface area contributed by atoms with Crippen LogP contribution < -0.4 is 0 Å². The Morgan fingerprint density at radius 1 is 0.933 bits per heavy atom. The van der Waals surface area contributed by atoms with E-state index in [4.69, 9.17) is 0 Å². The molecule has 0 aliphatic heterocycles. The van der Waals surface area contributed by atoms with Crippen molar-refractivity contribution in [3.05, 3.63) is 12.2 Å². The first-order valence-corrected chi connectivity index (χ1v) is 13.2.